The second-order valence-corrected chi connectivity index (χ2v) is 7.74. The van der Waals surface area contributed by atoms with E-state index in [1.807, 2.05) is 36.4 Å². The molecule has 0 saturated heterocycles. The summed E-state index contributed by atoms with van der Waals surface area (Å²) in [6.07, 6.45) is 0. The minimum atomic E-state index is 0.747. The van der Waals surface area contributed by atoms with Crippen molar-refractivity contribution in [3.8, 4) is 44.1 Å². The molecule has 2 aromatic carbocycles. The lowest BCUT2D eigenvalue weighted by molar-refractivity contribution is 0.404. The third-order valence-electron chi connectivity index (χ3n) is 4.25. The van der Waals surface area contributed by atoms with Gasteiger partial charge in [-0.3, -0.25) is 0 Å². The molecule has 2 heterocycles. The Morgan fingerprint density at radius 1 is 0.607 bits per heavy atom. The van der Waals surface area contributed by atoms with Gasteiger partial charge in [0.15, 0.2) is 9.66 Å². The Morgan fingerprint density at radius 2 is 1.04 bits per heavy atom. The maximum atomic E-state index is 5.48. The van der Waals surface area contributed by atoms with Gasteiger partial charge in [0.05, 0.1) is 39.6 Å². The first-order valence-corrected chi connectivity index (χ1v) is 10.0. The van der Waals surface area contributed by atoms with Gasteiger partial charge in [0.25, 0.3) is 0 Å². The number of hydrogen-bond donors (Lipinski definition) is 0. The maximum Gasteiger partial charge on any atom is 0.155 e. The summed E-state index contributed by atoms with van der Waals surface area (Å²) in [5.41, 5.74) is 1.77. The molecule has 0 amide bonds. The lowest BCUT2D eigenvalue weighted by Gasteiger charge is -2.08. The van der Waals surface area contributed by atoms with Crippen molar-refractivity contribution in [3.63, 3.8) is 0 Å². The van der Waals surface area contributed by atoms with E-state index in [4.69, 9.17) is 28.9 Å². The van der Waals surface area contributed by atoms with Crippen LogP contribution < -0.4 is 18.9 Å². The van der Waals surface area contributed by atoms with Crippen LogP contribution in [0.25, 0.3) is 30.8 Å². The van der Waals surface area contributed by atoms with Crippen LogP contribution in [0.2, 0.25) is 0 Å². The fraction of sp³-hybridized carbons (Fsp3) is 0.200. The molecule has 0 spiro atoms. The summed E-state index contributed by atoms with van der Waals surface area (Å²) in [6, 6.07) is 11.3. The molecule has 0 bridgehead atoms. The summed E-state index contributed by atoms with van der Waals surface area (Å²) in [7, 11) is 6.57. The van der Waals surface area contributed by atoms with Crippen LogP contribution in [0.1, 0.15) is 0 Å². The van der Waals surface area contributed by atoms with E-state index >= 15 is 0 Å². The van der Waals surface area contributed by atoms with E-state index in [1.54, 1.807) is 28.4 Å². The van der Waals surface area contributed by atoms with Crippen molar-refractivity contribution in [1.29, 1.82) is 0 Å². The minimum Gasteiger partial charge on any atom is -0.497 e. The number of methoxy groups -OCH3 is 4. The number of nitrogens with zero attached hydrogens (tertiary/aromatic N) is 2. The van der Waals surface area contributed by atoms with E-state index in [-0.39, 0.29) is 0 Å². The molecule has 2 aromatic heterocycles. The van der Waals surface area contributed by atoms with Gasteiger partial charge in [0, 0.05) is 0 Å². The van der Waals surface area contributed by atoms with Crippen LogP contribution in [0.3, 0.4) is 0 Å². The van der Waals surface area contributed by atoms with E-state index in [0.717, 1.165) is 53.8 Å². The minimum absolute atomic E-state index is 0.747. The van der Waals surface area contributed by atoms with Crippen molar-refractivity contribution in [1.82, 2.24) is 9.97 Å². The highest BCUT2D eigenvalue weighted by Crippen LogP contribution is 2.42. The highest BCUT2D eigenvalue weighted by molar-refractivity contribution is 7.29. The Labute approximate surface area is 170 Å². The third kappa shape index (κ3) is 3.25. The van der Waals surface area contributed by atoms with Crippen molar-refractivity contribution in [2.75, 3.05) is 28.4 Å². The lowest BCUT2D eigenvalue weighted by Crippen LogP contribution is -1.90. The summed E-state index contributed by atoms with van der Waals surface area (Å²) >= 11 is 3.04. The van der Waals surface area contributed by atoms with E-state index < -0.39 is 0 Å². The van der Waals surface area contributed by atoms with Crippen LogP contribution in [-0.2, 0) is 0 Å². The van der Waals surface area contributed by atoms with Gasteiger partial charge < -0.3 is 18.9 Å². The van der Waals surface area contributed by atoms with Crippen LogP contribution >= 0.6 is 22.7 Å². The third-order valence-corrected chi connectivity index (χ3v) is 6.34. The molecule has 0 aliphatic heterocycles. The van der Waals surface area contributed by atoms with Crippen LogP contribution in [-0.4, -0.2) is 38.4 Å². The van der Waals surface area contributed by atoms with E-state index in [1.165, 1.54) is 22.7 Å². The molecule has 0 fully saturated rings. The zero-order valence-electron chi connectivity index (χ0n) is 15.8. The van der Waals surface area contributed by atoms with Gasteiger partial charge in [-0.1, -0.05) is 22.7 Å². The van der Waals surface area contributed by atoms with Crippen molar-refractivity contribution in [2.45, 2.75) is 0 Å². The summed E-state index contributed by atoms with van der Waals surface area (Å²) in [4.78, 5) is 11.3. The SMILES string of the molecule is COc1ccc(OC)c(-c2nc3sc(-c4cc(OC)ccc4OC)nc3s2)c1. The van der Waals surface area contributed by atoms with E-state index in [2.05, 4.69) is 0 Å². The Kier molecular flexibility index (Phi) is 5.06. The monoisotopic (exact) mass is 414 g/mol. The van der Waals surface area contributed by atoms with Crippen molar-refractivity contribution < 1.29 is 18.9 Å². The number of rotatable bonds is 6. The van der Waals surface area contributed by atoms with Crippen molar-refractivity contribution in [2.24, 2.45) is 0 Å². The fourth-order valence-electron chi connectivity index (χ4n) is 2.83. The number of thiazole rings is 2. The molecule has 6 nitrogen and oxygen atoms in total. The first-order chi connectivity index (χ1) is 13.7. The van der Waals surface area contributed by atoms with E-state index in [9.17, 15) is 0 Å². The molecule has 0 radical (unpaired) electrons. The highest BCUT2D eigenvalue weighted by atomic mass is 32.1. The molecule has 28 heavy (non-hydrogen) atoms. The Balaban J connectivity index is 1.78. The Morgan fingerprint density at radius 3 is 1.39 bits per heavy atom. The van der Waals surface area contributed by atoms with Crippen LogP contribution in [0.5, 0.6) is 23.0 Å². The maximum absolute atomic E-state index is 5.48. The second-order valence-electron chi connectivity index (χ2n) is 5.78. The summed E-state index contributed by atoms with van der Waals surface area (Å²) < 4.78 is 21.6. The number of aromatic nitrogens is 2. The first-order valence-electron chi connectivity index (χ1n) is 8.39. The van der Waals surface area contributed by atoms with Crippen molar-refractivity contribution in [3.05, 3.63) is 36.4 Å². The quantitative estimate of drug-likeness (QED) is 0.436. The molecule has 4 aromatic rings. The van der Waals surface area contributed by atoms with Gasteiger partial charge in [0.1, 0.15) is 33.0 Å². The second kappa shape index (κ2) is 7.65. The standard InChI is InChI=1S/C20H18N2O4S2/c1-23-11-5-7-15(25-3)13(9-11)17-21-19-20(27-17)22-18(28-19)14-10-12(24-2)6-8-16(14)26-4/h5-10H,1-4H3. The average molecular weight is 415 g/mol. The summed E-state index contributed by atoms with van der Waals surface area (Å²) in [6.45, 7) is 0. The number of hydrogen-bond acceptors (Lipinski definition) is 8. The molecule has 0 saturated carbocycles. The molecule has 0 aliphatic carbocycles. The number of benzene rings is 2. The van der Waals surface area contributed by atoms with Gasteiger partial charge in [-0.2, -0.15) is 0 Å². The lowest BCUT2D eigenvalue weighted by atomic mass is 10.2. The summed E-state index contributed by atoms with van der Waals surface area (Å²) in [5.74, 6) is 3.00. The zero-order chi connectivity index (χ0) is 19.7. The van der Waals surface area contributed by atoms with Gasteiger partial charge in [-0.25, -0.2) is 9.97 Å². The molecule has 0 unspecified atom stereocenters. The smallest absolute Gasteiger partial charge is 0.155 e. The van der Waals surface area contributed by atoms with Gasteiger partial charge >= 0.3 is 0 Å². The van der Waals surface area contributed by atoms with Gasteiger partial charge in [0.2, 0.25) is 0 Å². The van der Waals surface area contributed by atoms with Gasteiger partial charge in [-0.15, -0.1) is 0 Å². The predicted molar refractivity (Wildman–Crippen MR) is 112 cm³/mol. The molecular formula is C20H18N2O4S2. The highest BCUT2D eigenvalue weighted by Gasteiger charge is 2.18. The molecular weight excluding hydrogens is 396 g/mol. The molecule has 8 heteroatoms. The van der Waals surface area contributed by atoms with Gasteiger partial charge in [-0.05, 0) is 36.4 Å². The number of ether oxygens (including phenoxy) is 4. The topological polar surface area (TPSA) is 62.7 Å². The molecule has 144 valence electrons. The molecule has 4 rings (SSSR count). The van der Waals surface area contributed by atoms with Crippen LogP contribution in [0.4, 0.5) is 0 Å². The van der Waals surface area contributed by atoms with Crippen molar-refractivity contribution >= 4 is 32.3 Å². The predicted octanol–water partition coefficient (Wildman–Crippen LogP) is 5.12. The zero-order valence-corrected chi connectivity index (χ0v) is 17.4. The van der Waals surface area contributed by atoms with E-state index in [0.29, 0.717) is 0 Å². The fourth-order valence-corrected chi connectivity index (χ4v) is 4.92. The normalized spacial score (nSPS) is 10.9. The Bertz CT molecular complexity index is 1020. The van der Waals surface area contributed by atoms with Crippen LogP contribution in [0, 0.1) is 0 Å². The summed E-state index contributed by atoms with van der Waals surface area (Å²) in [5, 5.41) is 1.68. The molecule has 0 atom stereocenters. The molecule has 0 aliphatic rings. The number of fused-ring (bicyclic) bond motifs is 1. The Hall–Kier alpha value is -2.84. The van der Waals surface area contributed by atoms with Crippen LogP contribution in [0.15, 0.2) is 36.4 Å². The average Bonchev–Trinajstić information content (AvgIpc) is 3.32. The molecule has 0 N–H and O–H groups in total. The largest absolute Gasteiger partial charge is 0.497 e. The first kappa shape index (κ1) is 18.5.